The second-order valence-electron chi connectivity index (χ2n) is 6.50. The summed E-state index contributed by atoms with van der Waals surface area (Å²) in [7, 11) is 2.97. The number of allylic oxidation sites excluding steroid dienone is 1. The van der Waals surface area contributed by atoms with E-state index in [4.69, 9.17) is 14.2 Å². The SMILES string of the molecule is COc1ccc(C(=O)C=Cc2ccccc2OC(=O)c2cccc([N+](=O)[O-])c2)c(OC)c1. The van der Waals surface area contributed by atoms with Gasteiger partial charge in [0.2, 0.25) is 0 Å². The monoisotopic (exact) mass is 433 g/mol. The molecule has 162 valence electrons. The molecule has 0 saturated heterocycles. The van der Waals surface area contributed by atoms with E-state index in [0.717, 1.165) is 6.07 Å². The molecular weight excluding hydrogens is 414 g/mol. The van der Waals surface area contributed by atoms with Gasteiger partial charge in [-0.15, -0.1) is 0 Å². The molecule has 0 aliphatic rings. The summed E-state index contributed by atoms with van der Waals surface area (Å²) in [5.74, 6) is 0.0574. The maximum Gasteiger partial charge on any atom is 0.343 e. The van der Waals surface area contributed by atoms with Crippen molar-refractivity contribution in [1.29, 1.82) is 0 Å². The molecule has 0 aromatic heterocycles. The first-order chi connectivity index (χ1) is 15.4. The van der Waals surface area contributed by atoms with Crippen LogP contribution >= 0.6 is 0 Å². The fraction of sp³-hybridized carbons (Fsp3) is 0.0833. The zero-order valence-electron chi connectivity index (χ0n) is 17.3. The zero-order valence-corrected chi connectivity index (χ0v) is 17.3. The van der Waals surface area contributed by atoms with Gasteiger partial charge in [-0.25, -0.2) is 4.79 Å². The Hall–Kier alpha value is -4.46. The fourth-order valence-electron chi connectivity index (χ4n) is 2.87. The number of hydrogen-bond donors (Lipinski definition) is 0. The van der Waals surface area contributed by atoms with Crippen LogP contribution in [0.3, 0.4) is 0 Å². The molecule has 8 nitrogen and oxygen atoms in total. The van der Waals surface area contributed by atoms with E-state index in [1.165, 1.54) is 44.6 Å². The van der Waals surface area contributed by atoms with E-state index < -0.39 is 10.9 Å². The number of ether oxygens (including phenoxy) is 3. The van der Waals surface area contributed by atoms with Gasteiger partial charge >= 0.3 is 5.97 Å². The third kappa shape index (κ3) is 5.17. The average molecular weight is 433 g/mol. The highest BCUT2D eigenvalue weighted by Gasteiger charge is 2.15. The average Bonchev–Trinajstić information content (AvgIpc) is 2.82. The van der Waals surface area contributed by atoms with E-state index >= 15 is 0 Å². The first-order valence-electron chi connectivity index (χ1n) is 9.43. The summed E-state index contributed by atoms with van der Waals surface area (Å²) in [6, 6.07) is 16.7. The molecule has 0 radical (unpaired) electrons. The molecule has 0 heterocycles. The lowest BCUT2D eigenvalue weighted by Crippen LogP contribution is -2.09. The Balaban J connectivity index is 1.82. The summed E-state index contributed by atoms with van der Waals surface area (Å²) < 4.78 is 15.8. The highest BCUT2D eigenvalue weighted by molar-refractivity contribution is 6.09. The van der Waals surface area contributed by atoms with Gasteiger partial charge in [0.1, 0.15) is 17.2 Å². The van der Waals surface area contributed by atoms with E-state index in [9.17, 15) is 19.7 Å². The number of benzene rings is 3. The van der Waals surface area contributed by atoms with Gasteiger partial charge in [0.15, 0.2) is 5.78 Å². The van der Waals surface area contributed by atoms with Crippen molar-refractivity contribution < 1.29 is 28.7 Å². The minimum atomic E-state index is -0.752. The maximum atomic E-state index is 12.7. The molecule has 3 rings (SSSR count). The van der Waals surface area contributed by atoms with E-state index in [1.807, 2.05) is 0 Å². The molecule has 0 fully saturated rings. The van der Waals surface area contributed by atoms with Gasteiger partial charge in [-0.05, 0) is 36.4 Å². The van der Waals surface area contributed by atoms with E-state index in [0.29, 0.717) is 22.6 Å². The van der Waals surface area contributed by atoms with Crippen LogP contribution in [0.25, 0.3) is 6.08 Å². The summed E-state index contributed by atoms with van der Waals surface area (Å²) >= 11 is 0. The third-order valence-corrected chi connectivity index (χ3v) is 4.50. The third-order valence-electron chi connectivity index (χ3n) is 4.50. The van der Waals surface area contributed by atoms with Crippen molar-refractivity contribution in [3.05, 3.63) is 99.6 Å². The van der Waals surface area contributed by atoms with Crippen LogP contribution in [-0.4, -0.2) is 30.9 Å². The molecule has 3 aromatic rings. The van der Waals surface area contributed by atoms with Gasteiger partial charge in [-0.3, -0.25) is 14.9 Å². The van der Waals surface area contributed by atoms with Crippen LogP contribution in [0.15, 0.2) is 72.8 Å². The number of hydrogen-bond acceptors (Lipinski definition) is 7. The normalized spacial score (nSPS) is 10.6. The van der Waals surface area contributed by atoms with Crippen LogP contribution in [-0.2, 0) is 0 Å². The molecule has 0 aliphatic carbocycles. The minimum Gasteiger partial charge on any atom is -0.497 e. The van der Waals surface area contributed by atoms with Crippen molar-refractivity contribution in [1.82, 2.24) is 0 Å². The van der Waals surface area contributed by atoms with Crippen molar-refractivity contribution in [2.24, 2.45) is 0 Å². The summed E-state index contributed by atoms with van der Waals surface area (Å²) in [6.45, 7) is 0. The molecule has 32 heavy (non-hydrogen) atoms. The first kappa shape index (κ1) is 22.2. The van der Waals surface area contributed by atoms with Crippen LogP contribution in [0, 0.1) is 10.1 Å². The summed E-state index contributed by atoms with van der Waals surface area (Å²) in [5, 5.41) is 10.9. The number of rotatable bonds is 8. The van der Waals surface area contributed by atoms with Crippen LogP contribution in [0.5, 0.6) is 17.2 Å². The highest BCUT2D eigenvalue weighted by Crippen LogP contribution is 2.26. The van der Waals surface area contributed by atoms with Gasteiger partial charge < -0.3 is 14.2 Å². The van der Waals surface area contributed by atoms with Gasteiger partial charge in [0, 0.05) is 23.8 Å². The molecule has 0 aliphatic heterocycles. The Morgan fingerprint density at radius 1 is 0.906 bits per heavy atom. The van der Waals surface area contributed by atoms with Crippen molar-refractivity contribution in [3.8, 4) is 17.2 Å². The van der Waals surface area contributed by atoms with Gasteiger partial charge in [0.25, 0.3) is 5.69 Å². The van der Waals surface area contributed by atoms with Crippen LogP contribution < -0.4 is 14.2 Å². The van der Waals surface area contributed by atoms with E-state index in [-0.39, 0.29) is 22.8 Å². The predicted molar refractivity (Wildman–Crippen MR) is 117 cm³/mol. The van der Waals surface area contributed by atoms with E-state index in [1.54, 1.807) is 42.5 Å². The van der Waals surface area contributed by atoms with Gasteiger partial charge in [-0.1, -0.05) is 24.3 Å². The smallest absolute Gasteiger partial charge is 0.343 e. The Kier molecular flexibility index (Phi) is 6.97. The lowest BCUT2D eigenvalue weighted by Gasteiger charge is -2.09. The molecule has 0 amide bonds. The molecule has 0 saturated carbocycles. The molecule has 0 bridgehead atoms. The predicted octanol–water partition coefficient (Wildman–Crippen LogP) is 4.73. The Bertz CT molecular complexity index is 1200. The molecule has 0 atom stereocenters. The maximum absolute atomic E-state index is 12.7. The number of methoxy groups -OCH3 is 2. The Morgan fingerprint density at radius 2 is 1.69 bits per heavy atom. The molecule has 0 unspecified atom stereocenters. The van der Waals surface area contributed by atoms with Gasteiger partial charge in [0.05, 0.1) is 30.3 Å². The van der Waals surface area contributed by atoms with Crippen LogP contribution in [0.1, 0.15) is 26.3 Å². The number of nitro groups is 1. The number of esters is 1. The Morgan fingerprint density at radius 3 is 2.41 bits per heavy atom. The van der Waals surface area contributed by atoms with Crippen molar-refractivity contribution in [3.63, 3.8) is 0 Å². The number of para-hydroxylation sites is 1. The van der Waals surface area contributed by atoms with E-state index in [2.05, 4.69) is 0 Å². The highest BCUT2D eigenvalue weighted by atomic mass is 16.6. The molecule has 0 spiro atoms. The fourth-order valence-corrected chi connectivity index (χ4v) is 2.87. The second-order valence-corrected chi connectivity index (χ2v) is 6.50. The number of carbonyl (C=O) groups is 2. The quantitative estimate of drug-likeness (QED) is 0.126. The molecule has 0 N–H and O–H groups in total. The van der Waals surface area contributed by atoms with Crippen molar-refractivity contribution >= 4 is 23.5 Å². The largest absolute Gasteiger partial charge is 0.497 e. The lowest BCUT2D eigenvalue weighted by atomic mass is 10.1. The number of nitrogens with zero attached hydrogens (tertiary/aromatic N) is 1. The molecular formula is C24H19NO7. The van der Waals surface area contributed by atoms with Crippen molar-refractivity contribution in [2.75, 3.05) is 14.2 Å². The summed E-state index contributed by atoms with van der Waals surface area (Å²) in [5.41, 5.74) is 0.645. The number of ketones is 1. The topological polar surface area (TPSA) is 105 Å². The van der Waals surface area contributed by atoms with Gasteiger partial charge in [-0.2, -0.15) is 0 Å². The van der Waals surface area contributed by atoms with Crippen molar-refractivity contribution in [2.45, 2.75) is 0 Å². The molecule has 3 aromatic carbocycles. The van der Waals surface area contributed by atoms with Crippen LogP contribution in [0.2, 0.25) is 0 Å². The summed E-state index contributed by atoms with van der Waals surface area (Å²) in [4.78, 5) is 35.5. The van der Waals surface area contributed by atoms with Crippen LogP contribution in [0.4, 0.5) is 5.69 Å². The minimum absolute atomic E-state index is 0.0389. The number of non-ortho nitro benzene ring substituents is 1. The molecule has 8 heteroatoms. The standard InChI is InChI=1S/C24H19NO7/c1-30-19-11-12-20(23(15-19)31-2)21(26)13-10-16-6-3-4-9-22(16)32-24(27)17-7-5-8-18(14-17)25(28)29/h3-15H,1-2H3. The second kappa shape index (κ2) is 10.0. The number of nitro benzene ring substituents is 1. The number of carbonyl (C=O) groups excluding carboxylic acids is 2. The Labute approximate surface area is 183 Å². The summed E-state index contributed by atoms with van der Waals surface area (Å²) in [6.07, 6.45) is 2.85. The first-order valence-corrected chi connectivity index (χ1v) is 9.43. The lowest BCUT2D eigenvalue weighted by molar-refractivity contribution is -0.384. The zero-order chi connectivity index (χ0) is 23.1.